The number of anilines is 1. The summed E-state index contributed by atoms with van der Waals surface area (Å²) < 4.78 is 28.3. The van der Waals surface area contributed by atoms with E-state index in [1.807, 2.05) is 32.0 Å². The number of hydrogen-bond donors (Lipinski definition) is 1. The van der Waals surface area contributed by atoms with E-state index >= 15 is 0 Å². The number of hydrogen-bond acceptors (Lipinski definition) is 3. The van der Waals surface area contributed by atoms with Crippen LogP contribution in [0.2, 0.25) is 0 Å². The van der Waals surface area contributed by atoms with Gasteiger partial charge in [0.05, 0.1) is 16.9 Å². The molecule has 2 aliphatic carbocycles. The Bertz CT molecular complexity index is 766. The minimum atomic E-state index is -3.58. The van der Waals surface area contributed by atoms with E-state index in [-0.39, 0.29) is 17.0 Å². The van der Waals surface area contributed by atoms with E-state index in [1.165, 1.54) is 0 Å². The van der Waals surface area contributed by atoms with Crippen LogP contribution in [-0.2, 0) is 14.8 Å². The molecule has 5 heteroatoms. The molecule has 0 aliphatic heterocycles. The molecule has 4 nitrogen and oxygen atoms in total. The monoisotopic (exact) mass is 335 g/mol. The second-order valence-electron chi connectivity index (χ2n) is 7.85. The highest BCUT2D eigenvalue weighted by Crippen LogP contribution is 2.64. The Kier molecular flexibility index (Phi) is 3.63. The molecular formula is C18H25NO3S. The van der Waals surface area contributed by atoms with Gasteiger partial charge in [-0.05, 0) is 55.2 Å². The number of benzene rings is 1. The lowest BCUT2D eigenvalue weighted by Gasteiger charge is -2.36. The number of rotatable bonds is 4. The summed E-state index contributed by atoms with van der Waals surface area (Å²) in [7, 11) is -3.58. The summed E-state index contributed by atoms with van der Waals surface area (Å²) in [5, 5.41) is 0. The van der Waals surface area contributed by atoms with Gasteiger partial charge in [0.15, 0.2) is 0 Å². The van der Waals surface area contributed by atoms with Crippen molar-refractivity contribution in [3.05, 3.63) is 29.3 Å². The normalized spacial score (nSPS) is 29.0. The molecule has 1 aromatic carbocycles. The van der Waals surface area contributed by atoms with E-state index < -0.39 is 15.4 Å². The molecule has 0 heterocycles. The number of aryl methyl sites for hydroxylation is 2. The molecule has 0 saturated heterocycles. The molecular weight excluding hydrogens is 310 g/mol. The second-order valence-corrected chi connectivity index (χ2v) is 9.57. The third-order valence-corrected chi connectivity index (χ3v) is 7.64. The SMILES string of the molecule is Cc1ccc(C)c(NS(=O)(=O)C[C@]23CC[C@@H](CC2=O)C3(C)C)c1. The smallest absolute Gasteiger partial charge is 0.233 e. The van der Waals surface area contributed by atoms with Gasteiger partial charge in [-0.15, -0.1) is 0 Å². The molecule has 2 saturated carbocycles. The van der Waals surface area contributed by atoms with Crippen LogP contribution in [0.4, 0.5) is 5.69 Å². The van der Waals surface area contributed by atoms with Crippen LogP contribution in [0.15, 0.2) is 18.2 Å². The van der Waals surface area contributed by atoms with Crippen LogP contribution in [0.25, 0.3) is 0 Å². The molecule has 1 N–H and O–H groups in total. The molecule has 2 atom stereocenters. The van der Waals surface area contributed by atoms with Crippen molar-refractivity contribution >= 4 is 21.5 Å². The van der Waals surface area contributed by atoms with Crippen molar-refractivity contribution in [3.8, 4) is 0 Å². The van der Waals surface area contributed by atoms with E-state index in [4.69, 9.17) is 0 Å². The van der Waals surface area contributed by atoms with Crippen molar-refractivity contribution in [1.82, 2.24) is 0 Å². The summed E-state index contributed by atoms with van der Waals surface area (Å²) in [6, 6.07) is 5.70. The fourth-order valence-electron chi connectivity index (χ4n) is 4.48. The average molecular weight is 335 g/mol. The molecule has 2 fully saturated rings. The maximum atomic E-state index is 12.8. The quantitative estimate of drug-likeness (QED) is 0.917. The van der Waals surface area contributed by atoms with Gasteiger partial charge < -0.3 is 0 Å². The van der Waals surface area contributed by atoms with Crippen molar-refractivity contribution in [2.75, 3.05) is 10.5 Å². The fourth-order valence-corrected chi connectivity index (χ4v) is 6.44. The molecule has 0 amide bonds. The number of ketones is 1. The Labute approximate surface area is 138 Å². The zero-order chi connectivity index (χ0) is 17.0. The molecule has 3 rings (SSSR count). The maximum absolute atomic E-state index is 12.8. The van der Waals surface area contributed by atoms with Gasteiger partial charge in [-0.2, -0.15) is 0 Å². The second kappa shape index (κ2) is 5.07. The summed E-state index contributed by atoms with van der Waals surface area (Å²) in [6.07, 6.45) is 2.18. The topological polar surface area (TPSA) is 63.2 Å². The first kappa shape index (κ1) is 16.5. The average Bonchev–Trinajstić information content (AvgIpc) is 2.76. The summed E-state index contributed by atoms with van der Waals surface area (Å²) in [5.41, 5.74) is 1.55. The van der Waals surface area contributed by atoms with Gasteiger partial charge >= 0.3 is 0 Å². The molecule has 0 unspecified atom stereocenters. The third-order valence-electron chi connectivity index (χ3n) is 6.23. The summed E-state index contributed by atoms with van der Waals surface area (Å²) in [6.45, 7) is 7.93. The van der Waals surface area contributed by atoms with Gasteiger partial charge in [-0.3, -0.25) is 9.52 Å². The number of nitrogens with one attached hydrogen (secondary N) is 1. The van der Waals surface area contributed by atoms with Crippen LogP contribution in [0.5, 0.6) is 0 Å². The highest BCUT2D eigenvalue weighted by atomic mass is 32.2. The van der Waals surface area contributed by atoms with Crippen LogP contribution < -0.4 is 4.72 Å². The van der Waals surface area contributed by atoms with Gasteiger partial charge in [0.2, 0.25) is 10.0 Å². The van der Waals surface area contributed by atoms with E-state index in [9.17, 15) is 13.2 Å². The van der Waals surface area contributed by atoms with Crippen molar-refractivity contribution in [3.63, 3.8) is 0 Å². The predicted octanol–water partition coefficient (Wildman–Crippen LogP) is 3.44. The standard InChI is InChI=1S/C18H25NO3S/c1-12-5-6-13(2)15(9-12)19-23(21,22)11-18-8-7-14(10-16(18)20)17(18,3)4/h5-6,9,14,19H,7-8,10-11H2,1-4H3/t14-,18+/m0/s1. The zero-order valence-corrected chi connectivity index (χ0v) is 15.1. The lowest BCUT2D eigenvalue weighted by Crippen LogP contribution is -2.43. The molecule has 23 heavy (non-hydrogen) atoms. The maximum Gasteiger partial charge on any atom is 0.233 e. The van der Waals surface area contributed by atoms with Crippen molar-refractivity contribution < 1.29 is 13.2 Å². The van der Waals surface area contributed by atoms with Crippen LogP contribution in [0.3, 0.4) is 0 Å². The van der Waals surface area contributed by atoms with Gasteiger partial charge in [-0.25, -0.2) is 8.42 Å². The fraction of sp³-hybridized carbons (Fsp3) is 0.611. The molecule has 0 aromatic heterocycles. The Morgan fingerprint density at radius 2 is 1.96 bits per heavy atom. The molecule has 2 bridgehead atoms. The Hall–Kier alpha value is -1.36. The van der Waals surface area contributed by atoms with E-state index in [0.717, 1.165) is 17.5 Å². The first-order chi connectivity index (χ1) is 10.6. The first-order valence-corrected chi connectivity index (χ1v) is 9.84. The number of Topliss-reactive ketones (excluding diaryl/α,β-unsaturated/α-hetero) is 1. The third kappa shape index (κ3) is 2.49. The van der Waals surface area contributed by atoms with Crippen molar-refractivity contribution in [1.29, 1.82) is 0 Å². The van der Waals surface area contributed by atoms with Crippen LogP contribution in [0, 0.1) is 30.6 Å². The van der Waals surface area contributed by atoms with Crippen LogP contribution in [0.1, 0.15) is 44.2 Å². The number of carbonyl (C=O) groups excluding carboxylic acids is 1. The molecule has 0 radical (unpaired) electrons. The summed E-state index contributed by atoms with van der Waals surface area (Å²) in [4.78, 5) is 12.5. The van der Waals surface area contributed by atoms with Crippen molar-refractivity contribution in [2.24, 2.45) is 16.7 Å². The molecule has 126 valence electrons. The van der Waals surface area contributed by atoms with Gasteiger partial charge in [-0.1, -0.05) is 26.0 Å². The zero-order valence-electron chi connectivity index (χ0n) is 14.3. The van der Waals surface area contributed by atoms with E-state index in [1.54, 1.807) is 0 Å². The minimum absolute atomic E-state index is 0.101. The van der Waals surface area contributed by atoms with Crippen LogP contribution in [-0.4, -0.2) is 20.0 Å². The Morgan fingerprint density at radius 1 is 1.26 bits per heavy atom. The highest BCUT2D eigenvalue weighted by Gasteiger charge is 2.65. The highest BCUT2D eigenvalue weighted by molar-refractivity contribution is 7.92. The predicted molar refractivity (Wildman–Crippen MR) is 91.9 cm³/mol. The van der Waals surface area contributed by atoms with Gasteiger partial charge in [0.1, 0.15) is 5.78 Å². The van der Waals surface area contributed by atoms with Crippen molar-refractivity contribution in [2.45, 2.75) is 47.0 Å². The van der Waals surface area contributed by atoms with Crippen LogP contribution >= 0.6 is 0 Å². The van der Waals surface area contributed by atoms with Gasteiger partial charge in [0, 0.05) is 6.42 Å². The summed E-state index contributed by atoms with van der Waals surface area (Å²) >= 11 is 0. The Balaban J connectivity index is 1.90. The molecule has 1 aromatic rings. The lowest BCUT2D eigenvalue weighted by molar-refractivity contribution is -0.128. The first-order valence-electron chi connectivity index (χ1n) is 8.18. The molecule has 0 spiro atoms. The number of carbonyl (C=O) groups is 1. The number of sulfonamides is 1. The Morgan fingerprint density at radius 3 is 2.52 bits per heavy atom. The van der Waals surface area contributed by atoms with E-state index in [2.05, 4.69) is 18.6 Å². The largest absolute Gasteiger partial charge is 0.299 e. The van der Waals surface area contributed by atoms with E-state index in [0.29, 0.717) is 24.4 Å². The lowest BCUT2D eigenvalue weighted by atomic mass is 9.70. The number of fused-ring (bicyclic) bond motifs is 2. The minimum Gasteiger partial charge on any atom is -0.299 e. The summed E-state index contributed by atoms with van der Waals surface area (Å²) in [5.74, 6) is 0.353. The molecule has 2 aliphatic rings. The van der Waals surface area contributed by atoms with Gasteiger partial charge in [0.25, 0.3) is 0 Å².